The standard InChI is InChI=1S/C15H18NS.CHF3O3S/c1-2-3-5-12-6-4-7-13-8-9-16-10-11-17-15(16)14(12)13;2-1(3,4)8(5,6)7/h4,6-7,10-11H,2-3,5,8-9H2,1H3;(H,5,6,7)/q+1;/p-1. The van der Waals surface area contributed by atoms with Crippen LogP contribution >= 0.6 is 11.3 Å². The van der Waals surface area contributed by atoms with E-state index in [1.807, 2.05) is 11.3 Å². The highest BCUT2D eigenvalue weighted by Crippen LogP contribution is 2.32. The number of rotatable bonds is 3. The molecule has 0 radical (unpaired) electrons. The lowest BCUT2D eigenvalue weighted by Gasteiger charge is -2.15. The van der Waals surface area contributed by atoms with Gasteiger partial charge in [0.1, 0.15) is 0 Å². The van der Waals surface area contributed by atoms with Crippen LogP contribution in [-0.4, -0.2) is 18.5 Å². The van der Waals surface area contributed by atoms with Crippen LogP contribution in [0.3, 0.4) is 0 Å². The van der Waals surface area contributed by atoms with Crippen LogP contribution in [-0.2, 0) is 29.5 Å². The lowest BCUT2D eigenvalue weighted by molar-refractivity contribution is -0.683. The summed E-state index contributed by atoms with van der Waals surface area (Å²) in [5.41, 5.74) is -1.03. The predicted octanol–water partition coefficient (Wildman–Crippen LogP) is 3.65. The summed E-state index contributed by atoms with van der Waals surface area (Å²) in [5, 5.41) is 3.67. The molecular formula is C16H18F3NO3S2. The molecule has 0 saturated carbocycles. The van der Waals surface area contributed by atoms with E-state index in [1.165, 1.54) is 36.3 Å². The molecule has 9 heteroatoms. The summed E-state index contributed by atoms with van der Waals surface area (Å²) in [5.74, 6) is 0. The van der Waals surface area contributed by atoms with Gasteiger partial charge in [0, 0.05) is 6.42 Å². The minimum atomic E-state index is -6.09. The SMILES string of the molecule is CCCCc1cccc2c1-c1scc[n+]1CC2.O=S(=O)([O-])C(F)(F)F. The highest BCUT2D eigenvalue weighted by Gasteiger charge is 2.36. The Kier molecular flexibility index (Phi) is 6.23. The van der Waals surface area contributed by atoms with Crippen molar-refractivity contribution in [1.29, 1.82) is 0 Å². The zero-order valence-corrected chi connectivity index (χ0v) is 15.2. The fourth-order valence-corrected chi connectivity index (χ4v) is 3.64. The molecule has 1 aromatic carbocycles. The van der Waals surface area contributed by atoms with Gasteiger partial charge in [0.15, 0.2) is 22.9 Å². The first kappa shape index (κ1) is 19.9. The van der Waals surface area contributed by atoms with Crippen LogP contribution in [0.15, 0.2) is 29.8 Å². The summed E-state index contributed by atoms with van der Waals surface area (Å²) in [6, 6.07) is 6.84. The van der Waals surface area contributed by atoms with Gasteiger partial charge in [-0.2, -0.15) is 17.7 Å². The van der Waals surface area contributed by atoms with Crippen LogP contribution < -0.4 is 4.57 Å². The Balaban J connectivity index is 0.000000242. The average Bonchev–Trinajstić information content (AvgIpc) is 3.00. The molecule has 3 rings (SSSR count). The Bertz CT molecular complexity index is 829. The van der Waals surface area contributed by atoms with E-state index in [2.05, 4.69) is 41.3 Å². The minimum Gasteiger partial charge on any atom is -0.741 e. The van der Waals surface area contributed by atoms with Crippen LogP contribution in [0, 0.1) is 0 Å². The van der Waals surface area contributed by atoms with Crippen molar-refractivity contribution in [2.75, 3.05) is 0 Å². The first-order valence-corrected chi connectivity index (χ1v) is 10.0. The normalized spacial score (nSPS) is 13.5. The van der Waals surface area contributed by atoms with E-state index < -0.39 is 15.6 Å². The second kappa shape index (κ2) is 7.84. The van der Waals surface area contributed by atoms with E-state index in [1.54, 1.807) is 11.1 Å². The molecule has 0 atom stereocenters. The van der Waals surface area contributed by atoms with Crippen LogP contribution in [0.4, 0.5) is 13.2 Å². The van der Waals surface area contributed by atoms with E-state index in [-0.39, 0.29) is 0 Å². The van der Waals surface area contributed by atoms with Gasteiger partial charge in [-0.3, -0.25) is 0 Å². The van der Waals surface area contributed by atoms with Gasteiger partial charge in [0.2, 0.25) is 0 Å². The number of alkyl halides is 3. The molecule has 4 nitrogen and oxygen atoms in total. The Labute approximate surface area is 148 Å². The van der Waals surface area contributed by atoms with Gasteiger partial charge in [-0.05, 0) is 24.0 Å². The van der Waals surface area contributed by atoms with Gasteiger partial charge in [-0.15, -0.1) is 0 Å². The zero-order valence-electron chi connectivity index (χ0n) is 13.5. The van der Waals surface area contributed by atoms with Gasteiger partial charge < -0.3 is 4.55 Å². The predicted molar refractivity (Wildman–Crippen MR) is 88.0 cm³/mol. The average molecular weight is 393 g/mol. The van der Waals surface area contributed by atoms with E-state index in [9.17, 15) is 13.2 Å². The van der Waals surface area contributed by atoms with Crippen molar-refractivity contribution in [3.8, 4) is 10.6 Å². The molecule has 2 aromatic rings. The van der Waals surface area contributed by atoms with Crippen LogP contribution in [0.25, 0.3) is 10.6 Å². The molecule has 138 valence electrons. The van der Waals surface area contributed by atoms with Crippen molar-refractivity contribution in [2.45, 2.75) is 44.7 Å². The molecule has 0 amide bonds. The second-order valence-corrected chi connectivity index (χ2v) is 7.87. The van der Waals surface area contributed by atoms with Crippen molar-refractivity contribution in [2.24, 2.45) is 0 Å². The number of nitrogens with zero attached hydrogens (tertiary/aromatic N) is 1. The molecule has 25 heavy (non-hydrogen) atoms. The molecule has 1 aliphatic rings. The van der Waals surface area contributed by atoms with E-state index in [0.717, 1.165) is 6.54 Å². The summed E-state index contributed by atoms with van der Waals surface area (Å²) in [4.78, 5) is 0. The Morgan fingerprint density at radius 1 is 1.32 bits per heavy atom. The lowest BCUT2D eigenvalue weighted by atomic mass is 9.94. The zero-order chi connectivity index (χ0) is 18.7. The third kappa shape index (κ3) is 4.80. The Morgan fingerprint density at radius 2 is 2.00 bits per heavy atom. The molecule has 0 N–H and O–H groups in total. The molecule has 0 spiro atoms. The minimum absolute atomic E-state index is 1.14. The van der Waals surface area contributed by atoms with Gasteiger partial charge >= 0.3 is 5.51 Å². The van der Waals surface area contributed by atoms with E-state index >= 15 is 0 Å². The first-order chi connectivity index (χ1) is 11.6. The van der Waals surface area contributed by atoms with Gasteiger partial charge in [0.25, 0.3) is 5.01 Å². The fourth-order valence-electron chi connectivity index (χ4n) is 2.64. The third-order valence-corrected chi connectivity index (χ3v) is 5.32. The summed E-state index contributed by atoms with van der Waals surface area (Å²) >= 11 is 1.88. The highest BCUT2D eigenvalue weighted by atomic mass is 32.2. The molecule has 0 aliphatic carbocycles. The molecule has 0 saturated heterocycles. The molecule has 0 bridgehead atoms. The number of aromatic nitrogens is 1. The van der Waals surface area contributed by atoms with E-state index in [4.69, 9.17) is 13.0 Å². The number of aryl methyl sites for hydroxylation is 3. The molecule has 1 aliphatic heterocycles. The third-order valence-electron chi connectivity index (χ3n) is 3.84. The number of thiazole rings is 1. The summed E-state index contributed by atoms with van der Waals surface area (Å²) in [7, 11) is -6.09. The van der Waals surface area contributed by atoms with Gasteiger partial charge in [-0.25, -0.2) is 8.42 Å². The molecule has 1 aromatic heterocycles. The van der Waals surface area contributed by atoms with Crippen molar-refractivity contribution < 1.29 is 30.7 Å². The topological polar surface area (TPSA) is 61.1 Å². The van der Waals surface area contributed by atoms with Gasteiger partial charge in [-0.1, -0.05) is 42.9 Å². The largest absolute Gasteiger partial charge is 0.741 e. The fraction of sp³-hybridized carbons (Fsp3) is 0.438. The number of halogens is 3. The van der Waals surface area contributed by atoms with Crippen molar-refractivity contribution in [3.63, 3.8) is 0 Å². The lowest BCUT2D eigenvalue weighted by Crippen LogP contribution is -2.37. The number of benzene rings is 1. The van der Waals surface area contributed by atoms with E-state index in [0.29, 0.717) is 0 Å². The number of fused-ring (bicyclic) bond motifs is 3. The number of unbranched alkanes of at least 4 members (excludes halogenated alkanes) is 1. The van der Waals surface area contributed by atoms with Crippen LogP contribution in [0.2, 0.25) is 0 Å². The quantitative estimate of drug-likeness (QED) is 0.454. The first-order valence-electron chi connectivity index (χ1n) is 7.75. The number of hydrogen-bond donors (Lipinski definition) is 0. The Morgan fingerprint density at radius 3 is 2.60 bits per heavy atom. The Hall–Kier alpha value is -1.45. The molecule has 0 unspecified atom stereocenters. The highest BCUT2D eigenvalue weighted by molar-refractivity contribution is 7.86. The van der Waals surface area contributed by atoms with Crippen molar-refractivity contribution >= 4 is 21.5 Å². The number of hydrogen-bond acceptors (Lipinski definition) is 4. The maximum atomic E-state index is 10.7. The summed E-state index contributed by atoms with van der Waals surface area (Å²) in [6.45, 7) is 3.41. The molecule has 2 heterocycles. The maximum Gasteiger partial charge on any atom is 0.485 e. The molecule has 0 fully saturated rings. The summed E-state index contributed by atoms with van der Waals surface area (Å²) in [6.07, 6.45) is 7.19. The van der Waals surface area contributed by atoms with Gasteiger partial charge in [0.05, 0.1) is 10.9 Å². The second-order valence-electron chi connectivity index (χ2n) is 5.61. The van der Waals surface area contributed by atoms with Crippen LogP contribution in [0.5, 0.6) is 0 Å². The maximum absolute atomic E-state index is 10.7. The van der Waals surface area contributed by atoms with Crippen LogP contribution in [0.1, 0.15) is 30.9 Å². The monoisotopic (exact) mass is 393 g/mol. The summed E-state index contributed by atoms with van der Waals surface area (Å²) < 4.78 is 61.3. The molecular weight excluding hydrogens is 375 g/mol. The van der Waals surface area contributed by atoms with Crippen molar-refractivity contribution in [3.05, 3.63) is 40.9 Å². The smallest absolute Gasteiger partial charge is 0.485 e. The van der Waals surface area contributed by atoms with Crippen molar-refractivity contribution in [1.82, 2.24) is 0 Å².